The van der Waals surface area contributed by atoms with Gasteiger partial charge in [-0.05, 0) is 19.4 Å². The molecule has 0 unspecified atom stereocenters. The van der Waals surface area contributed by atoms with E-state index in [1.807, 2.05) is 25.1 Å². The molecule has 1 heterocycles. The summed E-state index contributed by atoms with van der Waals surface area (Å²) in [6.07, 6.45) is 1.04. The molecule has 4 heteroatoms. The van der Waals surface area contributed by atoms with Gasteiger partial charge < -0.3 is 0 Å². The van der Waals surface area contributed by atoms with E-state index >= 15 is 0 Å². The molecule has 0 spiro atoms. The van der Waals surface area contributed by atoms with Crippen LogP contribution in [-0.2, 0) is 6.54 Å². The number of nitrogens with zero attached hydrogens (tertiary/aromatic N) is 2. The van der Waals surface area contributed by atoms with E-state index in [0.29, 0.717) is 24.9 Å². The van der Waals surface area contributed by atoms with Gasteiger partial charge in [0.1, 0.15) is 0 Å². The van der Waals surface area contributed by atoms with Gasteiger partial charge in [0.2, 0.25) is 0 Å². The number of ketones is 1. The third kappa shape index (κ3) is 3.61. The molecule has 98 valence electrons. The molecule has 2 rings (SSSR count). The first-order valence-corrected chi connectivity index (χ1v) is 6.30. The van der Waals surface area contributed by atoms with E-state index in [0.717, 1.165) is 5.69 Å². The van der Waals surface area contributed by atoms with Gasteiger partial charge in [-0.2, -0.15) is 5.10 Å². The highest BCUT2D eigenvalue weighted by atomic mass is 16.1. The summed E-state index contributed by atoms with van der Waals surface area (Å²) in [5, 5.41) is 4.14. The molecule has 0 aliphatic rings. The van der Waals surface area contributed by atoms with Crippen molar-refractivity contribution in [2.45, 2.75) is 26.3 Å². The van der Waals surface area contributed by atoms with Crippen molar-refractivity contribution < 1.29 is 4.79 Å². The zero-order valence-corrected chi connectivity index (χ0v) is 10.9. The molecule has 19 heavy (non-hydrogen) atoms. The molecule has 0 N–H and O–H groups in total. The summed E-state index contributed by atoms with van der Waals surface area (Å²) in [5.74, 6) is 0.0984. The first-order chi connectivity index (χ1) is 9.16. The van der Waals surface area contributed by atoms with Gasteiger partial charge in [-0.25, -0.2) is 4.68 Å². The fourth-order valence-corrected chi connectivity index (χ4v) is 1.87. The predicted octanol–water partition coefficient (Wildman–Crippen LogP) is 2.21. The molecule has 0 radical (unpaired) electrons. The monoisotopic (exact) mass is 256 g/mol. The lowest BCUT2D eigenvalue weighted by molar-refractivity contribution is 0.0978. The molecule has 1 aromatic heterocycles. The van der Waals surface area contributed by atoms with E-state index in [9.17, 15) is 9.59 Å². The quantitative estimate of drug-likeness (QED) is 0.771. The molecule has 0 aliphatic heterocycles. The first-order valence-electron chi connectivity index (χ1n) is 6.30. The second-order valence-corrected chi connectivity index (χ2v) is 4.43. The van der Waals surface area contributed by atoms with E-state index in [2.05, 4.69) is 5.10 Å². The van der Waals surface area contributed by atoms with Crippen LogP contribution in [0.5, 0.6) is 0 Å². The number of Topliss-reactive ketones (excluding diaryl/α,β-unsaturated/α-hetero) is 1. The minimum absolute atomic E-state index is 0.0984. The molecule has 0 bridgehead atoms. The molecule has 0 aliphatic carbocycles. The van der Waals surface area contributed by atoms with Crippen LogP contribution in [0.3, 0.4) is 0 Å². The Labute approximate surface area is 111 Å². The SMILES string of the molecule is Cc1ccc(=O)n(CCCC(=O)c2ccccc2)n1. The standard InChI is InChI=1S/C15H16N2O2/c1-12-9-10-15(19)17(16-12)11-5-8-14(18)13-6-3-2-4-7-13/h2-4,6-7,9-10H,5,8,11H2,1H3. The number of hydrogen-bond donors (Lipinski definition) is 0. The highest BCUT2D eigenvalue weighted by molar-refractivity contribution is 5.95. The predicted molar refractivity (Wildman–Crippen MR) is 73.2 cm³/mol. The number of carbonyl (C=O) groups is 1. The van der Waals surface area contributed by atoms with E-state index in [-0.39, 0.29) is 11.3 Å². The maximum atomic E-state index is 11.9. The van der Waals surface area contributed by atoms with Crippen LogP contribution < -0.4 is 5.56 Å². The highest BCUT2D eigenvalue weighted by Crippen LogP contribution is 2.05. The molecule has 0 atom stereocenters. The van der Waals surface area contributed by atoms with Gasteiger partial charge in [-0.3, -0.25) is 9.59 Å². The Kier molecular flexibility index (Phi) is 4.23. The molecule has 1 aromatic carbocycles. The van der Waals surface area contributed by atoms with E-state index < -0.39 is 0 Å². The van der Waals surface area contributed by atoms with Crippen molar-refractivity contribution in [2.75, 3.05) is 0 Å². The fourth-order valence-electron chi connectivity index (χ4n) is 1.87. The van der Waals surface area contributed by atoms with Crippen LogP contribution in [0.1, 0.15) is 28.9 Å². The largest absolute Gasteiger partial charge is 0.294 e. The Morgan fingerprint density at radius 2 is 1.89 bits per heavy atom. The summed E-state index contributed by atoms with van der Waals surface area (Å²) in [5.41, 5.74) is 1.39. The maximum Gasteiger partial charge on any atom is 0.266 e. The summed E-state index contributed by atoms with van der Waals surface area (Å²) in [4.78, 5) is 23.4. The average molecular weight is 256 g/mol. The number of rotatable bonds is 5. The number of hydrogen-bond acceptors (Lipinski definition) is 3. The molecule has 4 nitrogen and oxygen atoms in total. The van der Waals surface area contributed by atoms with Crippen molar-refractivity contribution in [3.8, 4) is 0 Å². The van der Waals surface area contributed by atoms with Gasteiger partial charge in [0.05, 0.1) is 5.69 Å². The van der Waals surface area contributed by atoms with Crippen LogP contribution in [0.25, 0.3) is 0 Å². The second-order valence-electron chi connectivity index (χ2n) is 4.43. The first kappa shape index (κ1) is 13.2. The maximum absolute atomic E-state index is 11.9. The third-order valence-corrected chi connectivity index (χ3v) is 2.87. The van der Waals surface area contributed by atoms with Crippen molar-refractivity contribution in [3.05, 3.63) is 64.1 Å². The summed E-state index contributed by atoms with van der Waals surface area (Å²) in [6.45, 7) is 2.31. The number of aromatic nitrogens is 2. The lowest BCUT2D eigenvalue weighted by atomic mass is 10.1. The summed E-state index contributed by atoms with van der Waals surface area (Å²) < 4.78 is 1.41. The summed E-state index contributed by atoms with van der Waals surface area (Å²) in [7, 11) is 0. The Morgan fingerprint density at radius 3 is 2.63 bits per heavy atom. The zero-order valence-electron chi connectivity index (χ0n) is 10.9. The Hall–Kier alpha value is -2.23. The minimum Gasteiger partial charge on any atom is -0.294 e. The topological polar surface area (TPSA) is 52.0 Å². The van der Waals surface area contributed by atoms with Crippen LogP contribution in [0, 0.1) is 6.92 Å². The lowest BCUT2D eigenvalue weighted by Gasteiger charge is -2.04. The van der Waals surface area contributed by atoms with E-state index in [1.165, 1.54) is 10.7 Å². The van der Waals surface area contributed by atoms with Crippen LogP contribution >= 0.6 is 0 Å². The molecule has 0 amide bonds. The van der Waals surface area contributed by atoms with Gasteiger partial charge in [0.25, 0.3) is 5.56 Å². The van der Waals surface area contributed by atoms with Crippen molar-refractivity contribution in [2.24, 2.45) is 0 Å². The van der Waals surface area contributed by atoms with Crippen LogP contribution in [0.15, 0.2) is 47.3 Å². The molecule has 0 fully saturated rings. The van der Waals surface area contributed by atoms with Crippen LogP contribution in [0.2, 0.25) is 0 Å². The molecule has 2 aromatic rings. The van der Waals surface area contributed by atoms with Crippen LogP contribution in [-0.4, -0.2) is 15.6 Å². The number of carbonyl (C=O) groups excluding carboxylic acids is 1. The Morgan fingerprint density at radius 1 is 1.16 bits per heavy atom. The van der Waals surface area contributed by atoms with Gasteiger partial charge in [0.15, 0.2) is 5.78 Å². The van der Waals surface area contributed by atoms with Crippen molar-refractivity contribution in [1.82, 2.24) is 9.78 Å². The van der Waals surface area contributed by atoms with Crippen molar-refractivity contribution in [3.63, 3.8) is 0 Å². The molecule has 0 saturated heterocycles. The Balaban J connectivity index is 1.92. The fraction of sp³-hybridized carbons (Fsp3) is 0.267. The van der Waals surface area contributed by atoms with Gasteiger partial charge >= 0.3 is 0 Å². The molecular weight excluding hydrogens is 240 g/mol. The van der Waals surface area contributed by atoms with E-state index in [4.69, 9.17) is 0 Å². The van der Waals surface area contributed by atoms with Crippen molar-refractivity contribution in [1.29, 1.82) is 0 Å². The smallest absolute Gasteiger partial charge is 0.266 e. The van der Waals surface area contributed by atoms with Gasteiger partial charge in [-0.15, -0.1) is 0 Å². The average Bonchev–Trinajstić information content (AvgIpc) is 2.43. The third-order valence-electron chi connectivity index (χ3n) is 2.87. The van der Waals surface area contributed by atoms with Gasteiger partial charge in [0, 0.05) is 24.6 Å². The summed E-state index contributed by atoms with van der Waals surface area (Å²) in [6, 6.07) is 12.4. The number of aryl methyl sites for hydroxylation is 2. The number of benzene rings is 1. The molecular formula is C15H16N2O2. The highest BCUT2D eigenvalue weighted by Gasteiger charge is 2.05. The Bertz CT molecular complexity index is 618. The minimum atomic E-state index is -0.127. The zero-order chi connectivity index (χ0) is 13.7. The second kappa shape index (κ2) is 6.09. The summed E-state index contributed by atoms with van der Waals surface area (Å²) >= 11 is 0. The normalized spacial score (nSPS) is 10.4. The van der Waals surface area contributed by atoms with E-state index in [1.54, 1.807) is 18.2 Å². The lowest BCUT2D eigenvalue weighted by Crippen LogP contribution is -2.22. The van der Waals surface area contributed by atoms with Crippen LogP contribution in [0.4, 0.5) is 0 Å². The van der Waals surface area contributed by atoms with Crippen molar-refractivity contribution >= 4 is 5.78 Å². The molecule has 0 saturated carbocycles. The van der Waals surface area contributed by atoms with Gasteiger partial charge in [-0.1, -0.05) is 30.3 Å².